The molecule has 1 rings (SSSR count). The van der Waals surface area contributed by atoms with E-state index in [9.17, 15) is 9.59 Å². The molecule has 0 bridgehead atoms. The van der Waals surface area contributed by atoms with Crippen molar-refractivity contribution in [2.45, 2.75) is 39.3 Å². The number of amides is 1. The molecule has 1 atom stereocenters. The van der Waals surface area contributed by atoms with E-state index in [1.807, 2.05) is 0 Å². The maximum atomic E-state index is 12.3. The molecule has 110 valence electrons. The molecule has 0 saturated carbocycles. The van der Waals surface area contributed by atoms with Crippen LogP contribution in [0.25, 0.3) is 0 Å². The van der Waals surface area contributed by atoms with Crippen molar-refractivity contribution in [2.24, 2.45) is 0 Å². The average Bonchev–Trinajstić information content (AvgIpc) is 2.36. The number of benzene rings is 1. The Labute approximate surface area is 119 Å². The van der Waals surface area contributed by atoms with E-state index in [-0.39, 0.29) is 0 Å². The van der Waals surface area contributed by atoms with Gasteiger partial charge in [0.25, 0.3) is 0 Å². The van der Waals surface area contributed by atoms with Crippen molar-refractivity contribution in [3.63, 3.8) is 0 Å². The van der Waals surface area contributed by atoms with Crippen molar-refractivity contribution >= 4 is 18.1 Å². The summed E-state index contributed by atoms with van der Waals surface area (Å²) in [5.74, 6) is 0.606. The molecule has 0 aliphatic rings. The molecule has 0 N–H and O–H groups in total. The minimum Gasteiger partial charge on any atom is -0.497 e. The molecule has 1 aromatic rings. The Bertz CT molecular complexity index is 479. The van der Waals surface area contributed by atoms with Crippen LogP contribution in [0.15, 0.2) is 24.3 Å². The monoisotopic (exact) mass is 279 g/mol. The van der Waals surface area contributed by atoms with Crippen LogP contribution in [0.3, 0.4) is 0 Å². The lowest BCUT2D eigenvalue weighted by Gasteiger charge is -2.29. The van der Waals surface area contributed by atoms with E-state index >= 15 is 0 Å². The van der Waals surface area contributed by atoms with Gasteiger partial charge >= 0.3 is 6.09 Å². The first kappa shape index (κ1) is 16.0. The maximum absolute atomic E-state index is 12.3. The lowest BCUT2D eigenvalue weighted by molar-refractivity contribution is -0.108. The molecule has 0 fully saturated rings. The van der Waals surface area contributed by atoms with Crippen molar-refractivity contribution < 1.29 is 19.1 Å². The summed E-state index contributed by atoms with van der Waals surface area (Å²) in [5, 5.41) is 0. The van der Waals surface area contributed by atoms with Gasteiger partial charge in [-0.3, -0.25) is 4.90 Å². The van der Waals surface area contributed by atoms with Gasteiger partial charge in [-0.05, 0) is 39.8 Å². The Morgan fingerprint density at radius 1 is 1.35 bits per heavy atom. The van der Waals surface area contributed by atoms with Gasteiger partial charge in [-0.25, -0.2) is 4.79 Å². The van der Waals surface area contributed by atoms with Crippen LogP contribution >= 0.6 is 0 Å². The molecule has 0 spiro atoms. The molecule has 0 aliphatic carbocycles. The molecule has 1 unspecified atom stereocenters. The highest BCUT2D eigenvalue weighted by Crippen LogP contribution is 2.24. The van der Waals surface area contributed by atoms with Crippen molar-refractivity contribution in [1.82, 2.24) is 0 Å². The van der Waals surface area contributed by atoms with Crippen molar-refractivity contribution in [1.29, 1.82) is 0 Å². The summed E-state index contributed by atoms with van der Waals surface area (Å²) in [6.45, 7) is 6.97. The zero-order chi connectivity index (χ0) is 15.3. The third-order valence-corrected chi connectivity index (χ3v) is 2.53. The molecule has 5 heteroatoms. The lowest BCUT2D eigenvalue weighted by Crippen LogP contribution is -2.43. The molecule has 0 saturated heterocycles. The third kappa shape index (κ3) is 4.26. The first-order valence-electron chi connectivity index (χ1n) is 6.40. The summed E-state index contributed by atoms with van der Waals surface area (Å²) < 4.78 is 10.5. The minimum absolute atomic E-state index is 0.554. The fourth-order valence-electron chi connectivity index (χ4n) is 1.64. The summed E-state index contributed by atoms with van der Waals surface area (Å²) in [7, 11) is 1.54. The summed E-state index contributed by atoms with van der Waals surface area (Å²) >= 11 is 0. The minimum atomic E-state index is -0.628. The lowest BCUT2D eigenvalue weighted by atomic mass is 10.2. The zero-order valence-corrected chi connectivity index (χ0v) is 12.5. The van der Waals surface area contributed by atoms with E-state index in [2.05, 4.69) is 0 Å². The molecule has 0 aromatic heterocycles. The highest BCUT2D eigenvalue weighted by atomic mass is 16.6. The van der Waals surface area contributed by atoms with Crippen LogP contribution < -0.4 is 9.64 Å². The van der Waals surface area contributed by atoms with Gasteiger partial charge in [-0.1, -0.05) is 6.07 Å². The number of hydrogen-bond acceptors (Lipinski definition) is 4. The molecule has 0 radical (unpaired) electrons. The molecule has 20 heavy (non-hydrogen) atoms. The van der Waals surface area contributed by atoms with Gasteiger partial charge in [0, 0.05) is 6.07 Å². The Balaban J connectivity index is 3.11. The Kier molecular flexibility index (Phi) is 5.13. The smallest absolute Gasteiger partial charge is 0.415 e. The Hall–Kier alpha value is -2.04. The van der Waals surface area contributed by atoms with Gasteiger partial charge in [-0.15, -0.1) is 0 Å². The van der Waals surface area contributed by atoms with Crippen molar-refractivity contribution in [3.8, 4) is 5.75 Å². The van der Waals surface area contributed by atoms with E-state index < -0.39 is 17.7 Å². The standard InChI is InChI=1S/C15H21NO4/c1-11(10-17)16(14(18)20-15(2,3)4)12-7-6-8-13(9-12)19-5/h6-11H,1-5H3. The zero-order valence-electron chi connectivity index (χ0n) is 12.5. The first-order chi connectivity index (χ1) is 9.28. The SMILES string of the molecule is COc1cccc(N(C(=O)OC(C)(C)C)C(C)C=O)c1. The van der Waals surface area contributed by atoms with E-state index in [0.29, 0.717) is 17.7 Å². The van der Waals surface area contributed by atoms with Crippen LogP contribution in [-0.4, -0.2) is 31.1 Å². The first-order valence-corrected chi connectivity index (χ1v) is 6.40. The molecule has 0 heterocycles. The summed E-state index contributed by atoms with van der Waals surface area (Å²) in [5.41, 5.74) is -0.0743. The van der Waals surface area contributed by atoms with E-state index in [1.165, 1.54) is 4.90 Å². The number of ether oxygens (including phenoxy) is 2. The third-order valence-electron chi connectivity index (χ3n) is 2.53. The second kappa shape index (κ2) is 6.41. The van der Waals surface area contributed by atoms with E-state index in [0.717, 1.165) is 0 Å². The van der Waals surface area contributed by atoms with E-state index in [4.69, 9.17) is 9.47 Å². The van der Waals surface area contributed by atoms with Gasteiger partial charge in [0.05, 0.1) is 18.8 Å². The summed E-state index contributed by atoms with van der Waals surface area (Å²) in [4.78, 5) is 24.6. The molecule has 1 amide bonds. The second-order valence-corrected chi connectivity index (χ2v) is 5.43. The number of aldehydes is 1. The van der Waals surface area contributed by atoms with Gasteiger partial charge < -0.3 is 14.3 Å². The fourth-order valence-corrected chi connectivity index (χ4v) is 1.64. The van der Waals surface area contributed by atoms with Gasteiger partial charge in [0.2, 0.25) is 0 Å². The van der Waals surface area contributed by atoms with Crippen LogP contribution in [0.2, 0.25) is 0 Å². The van der Waals surface area contributed by atoms with Crippen molar-refractivity contribution in [2.75, 3.05) is 12.0 Å². The maximum Gasteiger partial charge on any atom is 0.415 e. The van der Waals surface area contributed by atoms with Crippen LogP contribution in [-0.2, 0) is 9.53 Å². The van der Waals surface area contributed by atoms with Gasteiger partial charge in [0.15, 0.2) is 0 Å². The molecular weight excluding hydrogens is 258 g/mol. The van der Waals surface area contributed by atoms with Gasteiger partial charge in [0.1, 0.15) is 17.6 Å². The highest BCUT2D eigenvalue weighted by molar-refractivity contribution is 5.92. The number of carbonyl (C=O) groups is 2. The van der Waals surface area contributed by atoms with Crippen LogP contribution in [0.1, 0.15) is 27.7 Å². The topological polar surface area (TPSA) is 55.8 Å². The van der Waals surface area contributed by atoms with Gasteiger partial charge in [-0.2, -0.15) is 0 Å². The van der Waals surface area contributed by atoms with E-state index in [1.54, 1.807) is 59.1 Å². The quantitative estimate of drug-likeness (QED) is 0.795. The van der Waals surface area contributed by atoms with Crippen LogP contribution in [0, 0.1) is 0 Å². The number of rotatable bonds is 4. The summed E-state index contributed by atoms with van der Waals surface area (Å²) in [6.07, 6.45) is 0.133. The van der Waals surface area contributed by atoms with Crippen molar-refractivity contribution in [3.05, 3.63) is 24.3 Å². The predicted molar refractivity (Wildman–Crippen MR) is 77.2 cm³/mol. The number of hydrogen-bond donors (Lipinski definition) is 0. The molecule has 0 aliphatic heterocycles. The Morgan fingerprint density at radius 3 is 2.50 bits per heavy atom. The summed E-state index contributed by atoms with van der Waals surface area (Å²) in [6, 6.07) is 6.30. The fraction of sp³-hybridized carbons (Fsp3) is 0.467. The normalized spacial score (nSPS) is 12.4. The number of carbonyl (C=O) groups excluding carboxylic acids is 2. The highest BCUT2D eigenvalue weighted by Gasteiger charge is 2.27. The van der Waals surface area contributed by atoms with Crippen LogP contribution in [0.5, 0.6) is 5.75 Å². The van der Waals surface area contributed by atoms with Crippen LogP contribution in [0.4, 0.5) is 10.5 Å². The molecule has 5 nitrogen and oxygen atoms in total. The second-order valence-electron chi connectivity index (χ2n) is 5.43. The average molecular weight is 279 g/mol. The molecular formula is C15H21NO4. The number of anilines is 1. The predicted octanol–water partition coefficient (Wildman–Crippen LogP) is 3.02. The Morgan fingerprint density at radius 2 is 2.00 bits per heavy atom. The molecule has 1 aromatic carbocycles. The number of nitrogens with zero attached hydrogens (tertiary/aromatic N) is 1. The number of methoxy groups -OCH3 is 1. The largest absolute Gasteiger partial charge is 0.497 e.